The number of ether oxygens (including phenoxy) is 2. The van der Waals surface area contributed by atoms with Gasteiger partial charge >= 0.3 is 5.97 Å². The molecule has 0 spiro atoms. The van der Waals surface area contributed by atoms with Crippen LogP contribution in [0, 0.1) is 5.82 Å². The number of pyridine rings is 1. The molecule has 1 heterocycles. The quantitative estimate of drug-likeness (QED) is 0.317. The Morgan fingerprint density at radius 1 is 1.23 bits per heavy atom. The van der Waals surface area contributed by atoms with E-state index in [2.05, 4.69) is 11.6 Å². The molecule has 0 unspecified atom stereocenters. The number of allylic oxidation sites excluding steroid dienone is 1. The van der Waals surface area contributed by atoms with Crippen molar-refractivity contribution < 1.29 is 23.5 Å². The summed E-state index contributed by atoms with van der Waals surface area (Å²) in [6.45, 7) is 14.9. The molecule has 0 saturated carbocycles. The molecule has 2 rings (SSSR count). The first-order chi connectivity index (χ1) is 14.4. The number of rotatable bonds is 6. The molecular formula is C24H32FNO4. The number of carbonyl (C=O) groups excluding carboxylic acids is 2. The van der Waals surface area contributed by atoms with Crippen LogP contribution >= 0.6 is 0 Å². The van der Waals surface area contributed by atoms with E-state index < -0.39 is 11.8 Å². The molecule has 0 aliphatic rings. The lowest BCUT2D eigenvalue weighted by Gasteiger charge is -2.19. The van der Waals surface area contributed by atoms with E-state index in [0.29, 0.717) is 23.1 Å². The van der Waals surface area contributed by atoms with Crippen molar-refractivity contribution in [1.82, 2.24) is 4.98 Å². The maximum absolute atomic E-state index is 13.3. The minimum Gasteiger partial charge on any atom is -0.480 e. The fourth-order valence-electron chi connectivity index (χ4n) is 2.60. The lowest BCUT2D eigenvalue weighted by molar-refractivity contribution is 0.0525. The molecule has 0 fully saturated rings. The van der Waals surface area contributed by atoms with Gasteiger partial charge in [0.25, 0.3) is 0 Å². The molecule has 30 heavy (non-hydrogen) atoms. The van der Waals surface area contributed by atoms with Crippen molar-refractivity contribution in [3.8, 4) is 17.0 Å². The van der Waals surface area contributed by atoms with Crippen molar-refractivity contribution in [2.75, 3.05) is 13.7 Å². The van der Waals surface area contributed by atoms with Crippen LogP contribution in [-0.4, -0.2) is 31.0 Å². The highest BCUT2D eigenvalue weighted by Crippen LogP contribution is 2.36. The van der Waals surface area contributed by atoms with Gasteiger partial charge in [-0.3, -0.25) is 4.79 Å². The van der Waals surface area contributed by atoms with Crippen molar-refractivity contribution >= 4 is 12.3 Å². The van der Waals surface area contributed by atoms with E-state index in [4.69, 9.17) is 9.47 Å². The highest BCUT2D eigenvalue weighted by atomic mass is 19.1. The van der Waals surface area contributed by atoms with Crippen LogP contribution in [0.25, 0.3) is 11.1 Å². The highest BCUT2D eigenvalue weighted by Gasteiger charge is 2.28. The Morgan fingerprint density at radius 3 is 2.17 bits per heavy atom. The minimum absolute atomic E-state index is 0.117. The van der Waals surface area contributed by atoms with Gasteiger partial charge in [0.05, 0.1) is 30.5 Å². The number of aromatic nitrogens is 1. The number of aldehydes is 1. The molecule has 2 aromatic rings. The predicted molar refractivity (Wildman–Crippen MR) is 119 cm³/mol. The fraction of sp³-hybridized carbons (Fsp3) is 0.375. The van der Waals surface area contributed by atoms with Crippen LogP contribution in [0.2, 0.25) is 0 Å². The van der Waals surface area contributed by atoms with Gasteiger partial charge in [-0.15, -0.1) is 6.58 Å². The van der Waals surface area contributed by atoms with Crippen LogP contribution in [0.1, 0.15) is 73.9 Å². The topological polar surface area (TPSA) is 65.5 Å². The normalized spacial score (nSPS) is 9.50. The molecule has 5 nitrogen and oxygen atoms in total. The number of methoxy groups -OCH3 is 1. The van der Waals surface area contributed by atoms with Crippen molar-refractivity contribution in [2.45, 2.75) is 47.5 Å². The van der Waals surface area contributed by atoms with Crippen LogP contribution in [0.15, 0.2) is 36.9 Å². The Kier molecular flexibility index (Phi) is 12.6. The number of esters is 1. The molecule has 0 radical (unpaired) electrons. The summed E-state index contributed by atoms with van der Waals surface area (Å²) in [6, 6.07) is 5.54. The van der Waals surface area contributed by atoms with E-state index in [1.807, 2.05) is 34.6 Å². The summed E-state index contributed by atoms with van der Waals surface area (Å²) >= 11 is 0. The molecule has 0 atom stereocenters. The number of benzene rings is 1. The van der Waals surface area contributed by atoms with Gasteiger partial charge < -0.3 is 9.47 Å². The van der Waals surface area contributed by atoms with Crippen LogP contribution in [-0.2, 0) is 4.74 Å². The molecule has 0 saturated heterocycles. The third kappa shape index (κ3) is 6.79. The van der Waals surface area contributed by atoms with E-state index in [1.165, 1.54) is 31.4 Å². The third-order valence-corrected chi connectivity index (χ3v) is 3.70. The summed E-state index contributed by atoms with van der Waals surface area (Å²) in [4.78, 5) is 28.7. The average molecular weight is 418 g/mol. The van der Waals surface area contributed by atoms with Crippen LogP contribution in [0.4, 0.5) is 4.39 Å². The van der Waals surface area contributed by atoms with E-state index in [-0.39, 0.29) is 29.5 Å². The second-order valence-corrected chi connectivity index (χ2v) is 6.08. The summed E-state index contributed by atoms with van der Waals surface area (Å²) in [5.74, 6) is -0.998. The predicted octanol–water partition coefficient (Wildman–Crippen LogP) is 6.23. The Morgan fingerprint density at radius 2 is 1.77 bits per heavy atom. The molecule has 1 aromatic carbocycles. The first-order valence-corrected chi connectivity index (χ1v) is 9.93. The summed E-state index contributed by atoms with van der Waals surface area (Å²) in [7, 11) is 1.40. The summed E-state index contributed by atoms with van der Waals surface area (Å²) in [5, 5.41) is 0. The molecule has 0 aliphatic carbocycles. The van der Waals surface area contributed by atoms with E-state index in [9.17, 15) is 14.0 Å². The zero-order valence-electron chi connectivity index (χ0n) is 18.9. The van der Waals surface area contributed by atoms with E-state index in [0.717, 1.165) is 0 Å². The zero-order valence-corrected chi connectivity index (χ0v) is 18.9. The first-order valence-electron chi connectivity index (χ1n) is 9.93. The summed E-state index contributed by atoms with van der Waals surface area (Å²) in [6.07, 6.45) is 2.33. The van der Waals surface area contributed by atoms with Gasteiger partial charge in [-0.1, -0.05) is 45.9 Å². The van der Waals surface area contributed by atoms with Crippen LogP contribution in [0.5, 0.6) is 5.88 Å². The third-order valence-electron chi connectivity index (χ3n) is 3.70. The van der Waals surface area contributed by atoms with E-state index >= 15 is 0 Å². The molecule has 1 aromatic heterocycles. The van der Waals surface area contributed by atoms with Crippen molar-refractivity contribution in [3.63, 3.8) is 0 Å². The fourth-order valence-corrected chi connectivity index (χ4v) is 2.60. The Labute approximate surface area is 178 Å². The molecule has 6 heteroatoms. The lowest BCUT2D eigenvalue weighted by atomic mass is 9.91. The number of hydrogen-bond donors (Lipinski definition) is 0. The standard InChI is InChI=1S/C19H20FNO4.C3H6.C2H6/c1-5-25-19(23)16-15(12-6-8-13(20)9-7-12)14(10-22)18(24-4)21-17(16)11(2)3;1-3-2;1-2/h6-11H,5H2,1-4H3;3H,1H2,2H3;1-2H3. The molecule has 0 bridgehead atoms. The van der Waals surface area contributed by atoms with Crippen molar-refractivity contribution in [3.05, 3.63) is 59.6 Å². The molecular weight excluding hydrogens is 385 g/mol. The lowest BCUT2D eigenvalue weighted by Crippen LogP contribution is -2.15. The number of nitrogens with zero attached hydrogens (tertiary/aromatic N) is 1. The van der Waals surface area contributed by atoms with Crippen molar-refractivity contribution in [2.24, 2.45) is 0 Å². The zero-order chi connectivity index (χ0) is 23.3. The average Bonchev–Trinajstić information content (AvgIpc) is 2.74. The van der Waals surface area contributed by atoms with Gasteiger partial charge in [0.1, 0.15) is 5.82 Å². The number of halogens is 1. The molecule has 164 valence electrons. The Balaban J connectivity index is 0.00000154. The summed E-state index contributed by atoms with van der Waals surface area (Å²) < 4.78 is 23.7. The van der Waals surface area contributed by atoms with Crippen LogP contribution in [0.3, 0.4) is 0 Å². The maximum atomic E-state index is 13.3. The van der Waals surface area contributed by atoms with Gasteiger partial charge in [-0.25, -0.2) is 14.2 Å². The largest absolute Gasteiger partial charge is 0.480 e. The minimum atomic E-state index is -0.580. The first kappa shape index (κ1) is 27.0. The second kappa shape index (κ2) is 14.0. The van der Waals surface area contributed by atoms with Gasteiger partial charge in [0.15, 0.2) is 6.29 Å². The smallest absolute Gasteiger partial charge is 0.340 e. The SMILES string of the molecule is C=CC.CC.CCOC(=O)c1c(C(C)C)nc(OC)c(C=O)c1-c1ccc(F)cc1. The Hall–Kier alpha value is -3.02. The van der Waals surface area contributed by atoms with Gasteiger partial charge in [0, 0.05) is 5.56 Å². The maximum Gasteiger partial charge on any atom is 0.340 e. The highest BCUT2D eigenvalue weighted by molar-refractivity contribution is 6.04. The second-order valence-electron chi connectivity index (χ2n) is 6.08. The monoisotopic (exact) mass is 417 g/mol. The van der Waals surface area contributed by atoms with E-state index in [1.54, 1.807) is 13.0 Å². The molecule has 0 N–H and O–H groups in total. The van der Waals surface area contributed by atoms with Gasteiger partial charge in [0.2, 0.25) is 5.88 Å². The molecule has 0 aliphatic heterocycles. The van der Waals surface area contributed by atoms with Crippen molar-refractivity contribution in [1.29, 1.82) is 0 Å². The summed E-state index contributed by atoms with van der Waals surface area (Å²) in [5.41, 5.74) is 1.63. The number of carbonyl (C=O) groups is 2. The molecule has 0 amide bonds. The van der Waals surface area contributed by atoms with Gasteiger partial charge in [-0.05, 0) is 37.5 Å². The van der Waals surface area contributed by atoms with Gasteiger partial charge in [-0.2, -0.15) is 0 Å². The van der Waals surface area contributed by atoms with Crippen LogP contribution < -0.4 is 4.74 Å². The Bertz CT molecular complexity index is 830. The number of hydrogen-bond acceptors (Lipinski definition) is 5.